The van der Waals surface area contributed by atoms with Crippen LogP contribution in [0, 0.1) is 5.92 Å². The molecule has 104 valence electrons. The number of carbonyl (C=O) groups excluding carboxylic acids is 1. The summed E-state index contributed by atoms with van der Waals surface area (Å²) in [7, 11) is 0. The van der Waals surface area contributed by atoms with Crippen LogP contribution in [-0.2, 0) is 11.2 Å². The summed E-state index contributed by atoms with van der Waals surface area (Å²) in [6.45, 7) is 5.39. The number of Topliss-reactive ketones (excluding diaryl/α,β-unsaturated/α-hetero) is 1. The molecule has 0 bridgehead atoms. The number of hydrogen-bond donors (Lipinski definition) is 0. The van der Waals surface area contributed by atoms with Crippen LogP contribution in [0.2, 0.25) is 0 Å². The molecule has 1 fully saturated rings. The summed E-state index contributed by atoms with van der Waals surface area (Å²) >= 11 is 0. The summed E-state index contributed by atoms with van der Waals surface area (Å²) in [5.74, 6) is 1.20. The van der Waals surface area contributed by atoms with Crippen molar-refractivity contribution in [3.63, 3.8) is 0 Å². The number of ketones is 1. The van der Waals surface area contributed by atoms with Gasteiger partial charge in [-0.2, -0.15) is 0 Å². The van der Waals surface area contributed by atoms with E-state index in [1.807, 2.05) is 0 Å². The van der Waals surface area contributed by atoms with Crippen molar-refractivity contribution >= 4 is 5.78 Å². The van der Waals surface area contributed by atoms with Gasteiger partial charge in [0.1, 0.15) is 5.78 Å². The molecule has 1 aromatic carbocycles. The highest BCUT2D eigenvalue weighted by atomic mass is 16.1. The van der Waals surface area contributed by atoms with Gasteiger partial charge in [-0.15, -0.1) is 0 Å². The highest BCUT2D eigenvalue weighted by Gasteiger charge is 2.18. The molecule has 1 aliphatic heterocycles. The molecule has 0 spiro atoms. The molecule has 0 saturated carbocycles. The predicted molar refractivity (Wildman–Crippen MR) is 79.2 cm³/mol. The lowest BCUT2D eigenvalue weighted by Crippen LogP contribution is -2.37. The smallest absolute Gasteiger partial charge is 0.135 e. The van der Waals surface area contributed by atoms with Crippen LogP contribution >= 0.6 is 0 Å². The number of piperidine rings is 1. The third kappa shape index (κ3) is 4.79. The maximum absolute atomic E-state index is 11.2. The predicted octanol–water partition coefficient (Wildman–Crippen LogP) is 3.31. The van der Waals surface area contributed by atoms with Gasteiger partial charge in [0.15, 0.2) is 0 Å². The number of rotatable bonds is 6. The Kier molecular flexibility index (Phi) is 5.59. The van der Waals surface area contributed by atoms with E-state index in [-0.39, 0.29) is 0 Å². The second-order valence-corrected chi connectivity index (χ2v) is 5.64. The van der Waals surface area contributed by atoms with Gasteiger partial charge in [-0.25, -0.2) is 0 Å². The minimum absolute atomic E-state index is 0.439. The van der Waals surface area contributed by atoms with Gasteiger partial charge in [0, 0.05) is 32.5 Å². The fourth-order valence-electron chi connectivity index (χ4n) is 2.79. The SMILES string of the molecule is CCC(CCc1ccccc1)CN1CCC(=O)CC1. The van der Waals surface area contributed by atoms with Gasteiger partial charge in [0.25, 0.3) is 0 Å². The highest BCUT2D eigenvalue weighted by molar-refractivity contribution is 5.79. The molecule has 0 aromatic heterocycles. The quantitative estimate of drug-likeness (QED) is 0.781. The molecule has 1 aliphatic rings. The number of hydrogen-bond acceptors (Lipinski definition) is 2. The summed E-state index contributed by atoms with van der Waals surface area (Å²) in [6, 6.07) is 10.7. The molecule has 0 amide bonds. The van der Waals surface area contributed by atoms with Gasteiger partial charge in [-0.05, 0) is 24.3 Å². The normalized spacial score (nSPS) is 18.5. The molecule has 0 radical (unpaired) electrons. The van der Waals surface area contributed by atoms with Gasteiger partial charge < -0.3 is 4.90 Å². The van der Waals surface area contributed by atoms with Crippen molar-refractivity contribution in [2.75, 3.05) is 19.6 Å². The lowest BCUT2D eigenvalue weighted by atomic mass is 9.95. The van der Waals surface area contributed by atoms with Crippen LogP contribution in [0.15, 0.2) is 30.3 Å². The molecule has 1 heterocycles. The first-order valence-corrected chi connectivity index (χ1v) is 7.56. The van der Waals surface area contributed by atoms with Crippen LogP contribution in [0.4, 0.5) is 0 Å². The molecule has 0 aliphatic carbocycles. The third-order valence-corrected chi connectivity index (χ3v) is 4.19. The monoisotopic (exact) mass is 259 g/mol. The Morgan fingerprint density at radius 3 is 2.47 bits per heavy atom. The molecule has 1 atom stereocenters. The Morgan fingerprint density at radius 1 is 1.16 bits per heavy atom. The van der Waals surface area contributed by atoms with Crippen molar-refractivity contribution in [3.05, 3.63) is 35.9 Å². The van der Waals surface area contributed by atoms with Crippen molar-refractivity contribution in [1.29, 1.82) is 0 Å². The first-order valence-electron chi connectivity index (χ1n) is 7.56. The maximum Gasteiger partial charge on any atom is 0.135 e. The van der Waals surface area contributed by atoms with Crippen molar-refractivity contribution in [1.82, 2.24) is 4.90 Å². The molecule has 1 aromatic rings. The first kappa shape index (κ1) is 14.3. The van der Waals surface area contributed by atoms with Crippen LogP contribution in [0.3, 0.4) is 0 Å². The van der Waals surface area contributed by atoms with Gasteiger partial charge in [0.2, 0.25) is 0 Å². The zero-order valence-corrected chi connectivity index (χ0v) is 12.0. The van der Waals surface area contributed by atoms with Gasteiger partial charge in [-0.1, -0.05) is 43.7 Å². The van der Waals surface area contributed by atoms with E-state index in [1.165, 1.54) is 24.8 Å². The summed E-state index contributed by atoms with van der Waals surface area (Å²) < 4.78 is 0. The second kappa shape index (κ2) is 7.44. The Labute approximate surface area is 116 Å². The van der Waals surface area contributed by atoms with Crippen molar-refractivity contribution < 1.29 is 4.79 Å². The zero-order valence-electron chi connectivity index (χ0n) is 12.0. The summed E-state index contributed by atoms with van der Waals surface area (Å²) in [6.07, 6.45) is 5.18. The topological polar surface area (TPSA) is 20.3 Å². The third-order valence-electron chi connectivity index (χ3n) is 4.19. The van der Waals surface area contributed by atoms with E-state index in [1.54, 1.807) is 0 Å². The Bertz CT molecular complexity index is 378. The van der Waals surface area contributed by atoms with E-state index >= 15 is 0 Å². The van der Waals surface area contributed by atoms with Crippen LogP contribution < -0.4 is 0 Å². The Morgan fingerprint density at radius 2 is 1.84 bits per heavy atom. The molecule has 1 unspecified atom stereocenters. The maximum atomic E-state index is 11.2. The summed E-state index contributed by atoms with van der Waals surface area (Å²) in [5.41, 5.74) is 1.44. The molecule has 2 rings (SSSR count). The highest BCUT2D eigenvalue weighted by Crippen LogP contribution is 2.17. The lowest BCUT2D eigenvalue weighted by Gasteiger charge is -2.29. The van der Waals surface area contributed by atoms with Crippen LogP contribution in [0.5, 0.6) is 0 Å². The molecule has 19 heavy (non-hydrogen) atoms. The van der Waals surface area contributed by atoms with Crippen LogP contribution in [0.1, 0.15) is 38.2 Å². The number of likely N-dealkylation sites (tertiary alicyclic amines) is 1. The fourth-order valence-corrected chi connectivity index (χ4v) is 2.79. The number of aryl methyl sites for hydroxylation is 1. The summed E-state index contributed by atoms with van der Waals surface area (Å²) in [5, 5.41) is 0. The molecule has 2 nitrogen and oxygen atoms in total. The molecular weight excluding hydrogens is 234 g/mol. The summed E-state index contributed by atoms with van der Waals surface area (Å²) in [4.78, 5) is 13.7. The molecule has 0 N–H and O–H groups in total. The van der Waals surface area contributed by atoms with E-state index < -0.39 is 0 Å². The van der Waals surface area contributed by atoms with E-state index in [0.717, 1.165) is 38.4 Å². The van der Waals surface area contributed by atoms with Gasteiger partial charge in [0.05, 0.1) is 0 Å². The van der Waals surface area contributed by atoms with Crippen molar-refractivity contribution in [2.24, 2.45) is 5.92 Å². The van der Waals surface area contributed by atoms with Crippen molar-refractivity contribution in [3.8, 4) is 0 Å². The van der Waals surface area contributed by atoms with E-state index in [9.17, 15) is 4.79 Å². The minimum Gasteiger partial charge on any atom is -0.302 e. The van der Waals surface area contributed by atoms with Crippen LogP contribution in [-0.4, -0.2) is 30.3 Å². The average molecular weight is 259 g/mol. The van der Waals surface area contributed by atoms with Crippen molar-refractivity contribution in [2.45, 2.75) is 39.0 Å². The van der Waals surface area contributed by atoms with Crippen LogP contribution in [0.25, 0.3) is 0 Å². The Hall–Kier alpha value is -1.15. The molecular formula is C17H25NO. The molecule has 1 saturated heterocycles. The number of carbonyl (C=O) groups is 1. The number of benzene rings is 1. The standard InChI is InChI=1S/C17H25NO/c1-2-15(8-9-16-6-4-3-5-7-16)14-18-12-10-17(19)11-13-18/h3-7,15H,2,8-14H2,1H3. The first-order chi connectivity index (χ1) is 9.28. The fraction of sp³-hybridized carbons (Fsp3) is 0.588. The van der Waals surface area contributed by atoms with Gasteiger partial charge >= 0.3 is 0 Å². The zero-order chi connectivity index (χ0) is 13.5. The van der Waals surface area contributed by atoms with Gasteiger partial charge in [-0.3, -0.25) is 4.79 Å². The lowest BCUT2D eigenvalue weighted by molar-refractivity contribution is -0.121. The molecule has 2 heteroatoms. The minimum atomic E-state index is 0.439. The Balaban J connectivity index is 1.75. The largest absolute Gasteiger partial charge is 0.302 e. The average Bonchev–Trinajstić information content (AvgIpc) is 2.46. The van der Waals surface area contributed by atoms with E-state index in [4.69, 9.17) is 0 Å². The number of nitrogens with zero attached hydrogens (tertiary/aromatic N) is 1. The van der Waals surface area contributed by atoms with E-state index in [2.05, 4.69) is 42.2 Å². The second-order valence-electron chi connectivity index (χ2n) is 5.64. The van der Waals surface area contributed by atoms with E-state index in [0.29, 0.717) is 5.78 Å².